The zero-order chi connectivity index (χ0) is 15.4. The lowest BCUT2D eigenvalue weighted by molar-refractivity contribution is -0.118. The number of rotatable bonds is 7. The molecule has 0 radical (unpaired) electrons. The van der Waals surface area contributed by atoms with Gasteiger partial charge in [0.25, 0.3) is 0 Å². The van der Waals surface area contributed by atoms with E-state index in [0.717, 1.165) is 25.7 Å². The van der Waals surface area contributed by atoms with Crippen molar-refractivity contribution in [1.82, 2.24) is 0 Å². The van der Waals surface area contributed by atoms with Crippen LogP contribution in [0.2, 0.25) is 0 Å². The van der Waals surface area contributed by atoms with Gasteiger partial charge in [0.15, 0.2) is 0 Å². The minimum atomic E-state index is -0.486. The molecular formula is C18H28O3. The van der Waals surface area contributed by atoms with Gasteiger partial charge >= 0.3 is 0 Å². The van der Waals surface area contributed by atoms with E-state index in [0.29, 0.717) is 30.9 Å². The Labute approximate surface area is 127 Å². The minimum absolute atomic E-state index is 0.153. The first-order chi connectivity index (χ1) is 10.0. The predicted octanol–water partition coefficient (Wildman–Crippen LogP) is 3.79. The number of aliphatic hydroxyl groups is 2. The van der Waals surface area contributed by atoms with Crippen LogP contribution in [0.1, 0.15) is 51.9 Å². The molecule has 2 N–H and O–H groups in total. The largest absolute Gasteiger partial charge is 0.512 e. The summed E-state index contributed by atoms with van der Waals surface area (Å²) in [6, 6.07) is 0. The molecule has 118 valence electrons. The predicted molar refractivity (Wildman–Crippen MR) is 83.9 cm³/mol. The Kier molecular flexibility index (Phi) is 5.63. The van der Waals surface area contributed by atoms with Crippen molar-refractivity contribution >= 4 is 5.78 Å². The summed E-state index contributed by atoms with van der Waals surface area (Å²) in [6.45, 7) is 5.90. The summed E-state index contributed by atoms with van der Waals surface area (Å²) in [6.07, 6.45) is 9.21. The van der Waals surface area contributed by atoms with E-state index < -0.39 is 6.10 Å². The lowest BCUT2D eigenvalue weighted by atomic mass is 9.88. The van der Waals surface area contributed by atoms with Crippen LogP contribution in [0, 0.1) is 23.7 Å². The molecule has 5 atom stereocenters. The van der Waals surface area contributed by atoms with E-state index in [9.17, 15) is 15.0 Å². The van der Waals surface area contributed by atoms with Crippen molar-refractivity contribution in [2.24, 2.45) is 23.7 Å². The van der Waals surface area contributed by atoms with E-state index in [1.54, 1.807) is 0 Å². The van der Waals surface area contributed by atoms with Crippen molar-refractivity contribution in [2.45, 2.75) is 58.0 Å². The Morgan fingerprint density at radius 1 is 1.48 bits per heavy atom. The second-order valence-corrected chi connectivity index (χ2v) is 6.89. The molecule has 0 amide bonds. The van der Waals surface area contributed by atoms with Gasteiger partial charge in [0.2, 0.25) is 0 Å². The van der Waals surface area contributed by atoms with E-state index in [4.69, 9.17) is 0 Å². The van der Waals surface area contributed by atoms with Crippen LogP contribution >= 0.6 is 0 Å². The molecule has 1 unspecified atom stereocenters. The highest BCUT2D eigenvalue weighted by atomic mass is 16.3. The quantitative estimate of drug-likeness (QED) is 0.426. The molecule has 3 nitrogen and oxygen atoms in total. The average molecular weight is 292 g/mol. The van der Waals surface area contributed by atoms with Crippen molar-refractivity contribution in [1.29, 1.82) is 0 Å². The monoisotopic (exact) mass is 292 g/mol. The Bertz CT molecular complexity index is 413. The van der Waals surface area contributed by atoms with Crippen molar-refractivity contribution < 1.29 is 15.0 Å². The number of carbonyl (C=O) groups excluding carboxylic acids is 1. The van der Waals surface area contributed by atoms with Gasteiger partial charge in [0, 0.05) is 18.8 Å². The highest BCUT2D eigenvalue weighted by Gasteiger charge is 2.49. The van der Waals surface area contributed by atoms with Crippen LogP contribution in [-0.2, 0) is 4.79 Å². The number of carbonyl (C=O) groups is 1. The molecule has 3 heteroatoms. The maximum Gasteiger partial charge on any atom is 0.133 e. The number of Topliss-reactive ketones (excluding diaryl/α,β-unsaturated/α-hetero) is 1. The standard InChI is InChI=1S/C18H28O3/c1-3-4-5-6-12(2)7-8-16(20)18-15-11-14(19)9-13(15)10-17(18)21/h3,8,12-13,15,17-18,20-21H,1,4-7,9-11H2,2H3/t12?,13-,15-,17+,18+/m1/s1. The number of aliphatic hydroxyl groups excluding tert-OH is 2. The molecule has 2 saturated carbocycles. The molecule has 2 aliphatic carbocycles. The summed E-state index contributed by atoms with van der Waals surface area (Å²) < 4.78 is 0. The second-order valence-electron chi connectivity index (χ2n) is 6.89. The van der Waals surface area contributed by atoms with Crippen molar-refractivity contribution in [3.8, 4) is 0 Å². The highest BCUT2D eigenvalue weighted by Crippen LogP contribution is 2.48. The van der Waals surface area contributed by atoms with Crippen molar-refractivity contribution in [3.05, 3.63) is 24.5 Å². The summed E-state index contributed by atoms with van der Waals surface area (Å²) in [5.74, 6) is 1.32. The maximum atomic E-state index is 11.6. The normalized spacial score (nSPS) is 34.0. The van der Waals surface area contributed by atoms with Gasteiger partial charge < -0.3 is 10.2 Å². The number of unbranched alkanes of at least 4 members (excludes halogenated alkanes) is 1. The first-order valence-corrected chi connectivity index (χ1v) is 8.22. The van der Waals surface area contributed by atoms with E-state index in [1.165, 1.54) is 0 Å². The molecule has 2 rings (SSSR count). The van der Waals surface area contributed by atoms with Gasteiger partial charge in [-0.05, 0) is 49.5 Å². The third-order valence-corrected chi connectivity index (χ3v) is 5.15. The summed E-state index contributed by atoms with van der Waals surface area (Å²) in [5.41, 5.74) is 0. The van der Waals surface area contributed by atoms with Gasteiger partial charge in [-0.25, -0.2) is 0 Å². The molecule has 0 aromatic heterocycles. The second kappa shape index (κ2) is 7.26. The number of hydrogen-bond donors (Lipinski definition) is 2. The van der Waals surface area contributed by atoms with Gasteiger partial charge in [0.1, 0.15) is 5.78 Å². The molecule has 0 spiro atoms. The molecule has 0 bridgehead atoms. The zero-order valence-electron chi connectivity index (χ0n) is 13.0. The molecular weight excluding hydrogens is 264 g/mol. The molecule has 21 heavy (non-hydrogen) atoms. The van der Waals surface area contributed by atoms with Gasteiger partial charge in [-0.15, -0.1) is 6.58 Å². The van der Waals surface area contributed by atoms with Crippen LogP contribution in [0.3, 0.4) is 0 Å². The SMILES string of the molecule is C=CCCCC(C)CC=C(O)[C@@H]1[C@@H]2CC(=O)C[C@@H]2C[C@@H]1O. The molecule has 0 saturated heterocycles. The fourth-order valence-corrected chi connectivity index (χ4v) is 3.98. The van der Waals surface area contributed by atoms with Crippen molar-refractivity contribution in [2.75, 3.05) is 0 Å². The van der Waals surface area contributed by atoms with Crippen LogP contribution in [0.25, 0.3) is 0 Å². The molecule has 0 aromatic rings. The topological polar surface area (TPSA) is 57.5 Å². The van der Waals surface area contributed by atoms with Gasteiger partial charge in [0.05, 0.1) is 11.9 Å². The van der Waals surface area contributed by atoms with E-state index in [-0.39, 0.29) is 23.5 Å². The molecule has 0 aromatic carbocycles. The van der Waals surface area contributed by atoms with E-state index in [2.05, 4.69) is 13.5 Å². The maximum absolute atomic E-state index is 11.6. The Hall–Kier alpha value is -1.09. The van der Waals surface area contributed by atoms with Crippen LogP contribution in [0.4, 0.5) is 0 Å². The van der Waals surface area contributed by atoms with E-state index in [1.807, 2.05) is 12.2 Å². The fraction of sp³-hybridized carbons (Fsp3) is 0.722. The number of hydrogen-bond acceptors (Lipinski definition) is 3. The van der Waals surface area contributed by atoms with Crippen LogP contribution in [-0.4, -0.2) is 22.1 Å². The summed E-state index contributed by atoms with van der Waals surface area (Å²) >= 11 is 0. The zero-order valence-corrected chi connectivity index (χ0v) is 13.0. The lowest BCUT2D eigenvalue weighted by Gasteiger charge is -2.20. The first kappa shape index (κ1) is 16.3. The molecule has 0 aliphatic heterocycles. The van der Waals surface area contributed by atoms with Crippen LogP contribution < -0.4 is 0 Å². The third kappa shape index (κ3) is 3.97. The first-order valence-electron chi connectivity index (χ1n) is 8.22. The van der Waals surface area contributed by atoms with Gasteiger partial charge in [-0.2, -0.15) is 0 Å². The molecule has 2 fully saturated rings. The fourth-order valence-electron chi connectivity index (χ4n) is 3.98. The molecule has 2 aliphatic rings. The lowest BCUT2D eigenvalue weighted by Crippen LogP contribution is -2.22. The van der Waals surface area contributed by atoms with Gasteiger partial charge in [-0.1, -0.05) is 19.4 Å². The summed E-state index contributed by atoms with van der Waals surface area (Å²) in [7, 11) is 0. The summed E-state index contributed by atoms with van der Waals surface area (Å²) in [5, 5.41) is 20.5. The van der Waals surface area contributed by atoms with Crippen LogP contribution in [0.15, 0.2) is 24.5 Å². The number of fused-ring (bicyclic) bond motifs is 1. The average Bonchev–Trinajstić information content (AvgIpc) is 2.90. The van der Waals surface area contributed by atoms with E-state index >= 15 is 0 Å². The summed E-state index contributed by atoms with van der Waals surface area (Å²) in [4.78, 5) is 11.6. The molecule has 0 heterocycles. The smallest absolute Gasteiger partial charge is 0.133 e. The van der Waals surface area contributed by atoms with Crippen LogP contribution in [0.5, 0.6) is 0 Å². The Balaban J connectivity index is 1.89. The number of allylic oxidation sites excluding steroid dienone is 2. The van der Waals surface area contributed by atoms with Gasteiger partial charge in [-0.3, -0.25) is 4.79 Å². The third-order valence-electron chi connectivity index (χ3n) is 5.15. The minimum Gasteiger partial charge on any atom is -0.512 e. The Morgan fingerprint density at radius 2 is 2.24 bits per heavy atom. The van der Waals surface area contributed by atoms with Crippen molar-refractivity contribution in [3.63, 3.8) is 0 Å². The highest BCUT2D eigenvalue weighted by molar-refractivity contribution is 5.81. The number of ketones is 1. The Morgan fingerprint density at radius 3 is 2.95 bits per heavy atom.